The molecule has 1 aliphatic heterocycles. The van der Waals surface area contributed by atoms with Gasteiger partial charge in [-0.05, 0) is 38.8 Å². The summed E-state index contributed by atoms with van der Waals surface area (Å²) in [4.78, 5) is 12.7. The van der Waals surface area contributed by atoms with Crippen molar-refractivity contribution in [2.24, 2.45) is 4.99 Å². The number of nitrogens with zero attached hydrogens (tertiary/aromatic N) is 3. The third-order valence-corrected chi connectivity index (χ3v) is 5.42. The number of nitrogens with one attached hydrogen (secondary N) is 1. The van der Waals surface area contributed by atoms with Crippen molar-refractivity contribution < 1.29 is 4.74 Å². The van der Waals surface area contributed by atoms with Gasteiger partial charge in [0.05, 0.1) is 24.7 Å². The maximum absolute atomic E-state index is 6.08. The fraction of sp³-hybridized carbons (Fsp3) is 0.500. The lowest BCUT2D eigenvalue weighted by molar-refractivity contribution is -0.00834. The van der Waals surface area contributed by atoms with Gasteiger partial charge in [0.25, 0.3) is 0 Å². The van der Waals surface area contributed by atoms with Crippen LogP contribution in [0, 0.1) is 20.8 Å². The molecule has 1 fully saturated rings. The van der Waals surface area contributed by atoms with Crippen LogP contribution in [0.15, 0.2) is 29.4 Å². The molecule has 1 aromatic heterocycles. The molecule has 0 amide bonds. The van der Waals surface area contributed by atoms with Gasteiger partial charge in [0.15, 0.2) is 5.96 Å². The van der Waals surface area contributed by atoms with Crippen molar-refractivity contribution in [3.63, 3.8) is 0 Å². The first kappa shape index (κ1) is 18.9. The Morgan fingerprint density at radius 1 is 1.38 bits per heavy atom. The van der Waals surface area contributed by atoms with E-state index in [1.165, 1.54) is 21.6 Å². The summed E-state index contributed by atoms with van der Waals surface area (Å²) in [5, 5.41) is 4.51. The summed E-state index contributed by atoms with van der Waals surface area (Å²) in [6.07, 6.45) is 2.00. The molecule has 26 heavy (non-hydrogen) atoms. The number of aryl methyl sites for hydroxylation is 3. The summed E-state index contributed by atoms with van der Waals surface area (Å²) in [6, 6.07) is 6.59. The lowest BCUT2D eigenvalue weighted by atomic mass is 10.00. The van der Waals surface area contributed by atoms with Crippen molar-refractivity contribution in [2.45, 2.75) is 40.3 Å². The van der Waals surface area contributed by atoms with Gasteiger partial charge in [0.1, 0.15) is 6.10 Å². The molecule has 1 N–H and O–H groups in total. The number of guanidine groups is 1. The van der Waals surface area contributed by atoms with Crippen LogP contribution in [0.3, 0.4) is 0 Å². The standard InChI is InChI=1S/C20H28N4OS/c1-5-21-20(23-12-17-11-22-16(4)26-17)24-8-9-25-19(13-24)18-7-6-14(2)10-15(18)3/h6-7,10-11,19H,5,8-9,12-13H2,1-4H3,(H,21,23). The maximum atomic E-state index is 6.08. The Bertz CT molecular complexity index is 771. The van der Waals surface area contributed by atoms with Gasteiger partial charge >= 0.3 is 0 Å². The molecule has 0 aliphatic carbocycles. The summed E-state index contributed by atoms with van der Waals surface area (Å²) >= 11 is 1.71. The minimum Gasteiger partial charge on any atom is -0.370 e. The van der Waals surface area contributed by atoms with Crippen LogP contribution in [-0.2, 0) is 11.3 Å². The second-order valence-electron chi connectivity index (χ2n) is 6.68. The van der Waals surface area contributed by atoms with Crippen LogP contribution in [0.4, 0.5) is 0 Å². The monoisotopic (exact) mass is 372 g/mol. The molecule has 5 nitrogen and oxygen atoms in total. The van der Waals surface area contributed by atoms with Crippen molar-refractivity contribution in [1.29, 1.82) is 0 Å². The molecule has 0 radical (unpaired) electrons. The second-order valence-corrected chi connectivity index (χ2v) is 8.00. The second kappa shape index (κ2) is 8.64. The first-order valence-corrected chi connectivity index (χ1v) is 10.0. The van der Waals surface area contributed by atoms with Crippen LogP contribution in [0.25, 0.3) is 0 Å². The summed E-state index contributed by atoms with van der Waals surface area (Å²) in [5.74, 6) is 0.955. The molecule has 3 rings (SSSR count). The Morgan fingerprint density at radius 3 is 2.92 bits per heavy atom. The topological polar surface area (TPSA) is 49.8 Å². The zero-order chi connectivity index (χ0) is 18.5. The van der Waals surface area contributed by atoms with Crippen molar-refractivity contribution in [2.75, 3.05) is 26.2 Å². The molecule has 140 valence electrons. The quantitative estimate of drug-likeness (QED) is 0.658. The normalized spacial score (nSPS) is 18.2. The molecule has 1 atom stereocenters. The number of hydrogen-bond donors (Lipinski definition) is 1. The van der Waals surface area contributed by atoms with Crippen LogP contribution in [-0.4, -0.2) is 42.1 Å². The Labute approximate surface area is 160 Å². The lowest BCUT2D eigenvalue weighted by Gasteiger charge is -2.36. The third-order valence-electron chi connectivity index (χ3n) is 4.53. The highest BCUT2D eigenvalue weighted by molar-refractivity contribution is 7.11. The summed E-state index contributed by atoms with van der Waals surface area (Å²) < 4.78 is 6.08. The number of aromatic nitrogens is 1. The van der Waals surface area contributed by atoms with Gasteiger partial charge in [-0.25, -0.2) is 9.98 Å². The van der Waals surface area contributed by atoms with Crippen molar-refractivity contribution in [3.05, 3.63) is 51.0 Å². The SMILES string of the molecule is CCNC(=NCc1cnc(C)s1)N1CCOC(c2ccc(C)cc2C)C1. The van der Waals surface area contributed by atoms with Gasteiger partial charge in [-0.15, -0.1) is 11.3 Å². The number of thiazole rings is 1. The van der Waals surface area contributed by atoms with Gasteiger partial charge in [-0.1, -0.05) is 23.8 Å². The maximum Gasteiger partial charge on any atom is 0.194 e. The lowest BCUT2D eigenvalue weighted by Crippen LogP contribution is -2.48. The Hall–Kier alpha value is -1.92. The molecular formula is C20H28N4OS. The number of ether oxygens (including phenoxy) is 1. The fourth-order valence-corrected chi connectivity index (χ4v) is 3.99. The zero-order valence-corrected chi connectivity index (χ0v) is 16.9. The van der Waals surface area contributed by atoms with Crippen LogP contribution in [0.2, 0.25) is 0 Å². The summed E-state index contributed by atoms with van der Waals surface area (Å²) in [7, 11) is 0. The average molecular weight is 373 g/mol. The number of morpholine rings is 1. The van der Waals surface area contributed by atoms with E-state index in [0.717, 1.165) is 30.6 Å². The average Bonchev–Trinajstić information content (AvgIpc) is 3.04. The van der Waals surface area contributed by atoms with E-state index in [1.807, 2.05) is 13.1 Å². The molecule has 0 bridgehead atoms. The van der Waals surface area contributed by atoms with Gasteiger partial charge < -0.3 is 15.0 Å². The van der Waals surface area contributed by atoms with E-state index in [9.17, 15) is 0 Å². The van der Waals surface area contributed by atoms with E-state index in [2.05, 4.69) is 54.2 Å². The highest BCUT2D eigenvalue weighted by atomic mass is 32.1. The number of benzene rings is 1. The highest BCUT2D eigenvalue weighted by Gasteiger charge is 2.25. The predicted molar refractivity (Wildman–Crippen MR) is 108 cm³/mol. The largest absolute Gasteiger partial charge is 0.370 e. The Kier molecular flexibility index (Phi) is 6.27. The van der Waals surface area contributed by atoms with E-state index >= 15 is 0 Å². The zero-order valence-electron chi connectivity index (χ0n) is 16.1. The molecule has 6 heteroatoms. The number of aliphatic imine (C=N–C) groups is 1. The van der Waals surface area contributed by atoms with Crippen molar-refractivity contribution in [1.82, 2.24) is 15.2 Å². The van der Waals surface area contributed by atoms with E-state index in [4.69, 9.17) is 9.73 Å². The van der Waals surface area contributed by atoms with E-state index < -0.39 is 0 Å². The fourth-order valence-electron chi connectivity index (χ4n) is 3.27. The molecule has 0 spiro atoms. The van der Waals surface area contributed by atoms with Crippen molar-refractivity contribution in [3.8, 4) is 0 Å². The van der Waals surface area contributed by atoms with Gasteiger partial charge in [-0.2, -0.15) is 0 Å². The molecule has 1 aromatic carbocycles. The first-order valence-electron chi connectivity index (χ1n) is 9.20. The number of hydrogen-bond acceptors (Lipinski definition) is 4. The highest BCUT2D eigenvalue weighted by Crippen LogP contribution is 2.26. The first-order chi connectivity index (χ1) is 12.6. The van der Waals surface area contributed by atoms with E-state index in [-0.39, 0.29) is 6.10 Å². The molecule has 1 aliphatic rings. The minimum absolute atomic E-state index is 0.0823. The van der Waals surface area contributed by atoms with Gasteiger partial charge in [-0.3, -0.25) is 0 Å². The Balaban J connectivity index is 1.74. The molecule has 2 heterocycles. The minimum atomic E-state index is 0.0823. The van der Waals surface area contributed by atoms with E-state index in [0.29, 0.717) is 13.2 Å². The van der Waals surface area contributed by atoms with Crippen LogP contribution < -0.4 is 5.32 Å². The van der Waals surface area contributed by atoms with Crippen LogP contribution in [0.1, 0.15) is 39.6 Å². The molecule has 1 saturated heterocycles. The molecule has 0 saturated carbocycles. The summed E-state index contributed by atoms with van der Waals surface area (Å²) in [6.45, 7) is 12.3. The number of rotatable bonds is 4. The van der Waals surface area contributed by atoms with Gasteiger partial charge in [0.2, 0.25) is 0 Å². The molecular weight excluding hydrogens is 344 g/mol. The molecule has 2 aromatic rings. The van der Waals surface area contributed by atoms with Gasteiger partial charge in [0, 0.05) is 24.2 Å². The van der Waals surface area contributed by atoms with Crippen molar-refractivity contribution >= 4 is 17.3 Å². The smallest absolute Gasteiger partial charge is 0.194 e. The molecule has 1 unspecified atom stereocenters. The summed E-state index contributed by atoms with van der Waals surface area (Å²) in [5.41, 5.74) is 3.85. The van der Waals surface area contributed by atoms with E-state index in [1.54, 1.807) is 11.3 Å². The predicted octanol–water partition coefficient (Wildman–Crippen LogP) is 3.61. The third kappa shape index (κ3) is 4.62. The van der Waals surface area contributed by atoms with Crippen LogP contribution in [0.5, 0.6) is 0 Å². The Morgan fingerprint density at radius 2 is 2.23 bits per heavy atom. The van der Waals surface area contributed by atoms with Crippen LogP contribution >= 0.6 is 11.3 Å².